The van der Waals surface area contributed by atoms with Crippen LogP contribution in [0.4, 0.5) is 0 Å². The average Bonchev–Trinajstić information content (AvgIpc) is 3.85. The van der Waals surface area contributed by atoms with Crippen molar-refractivity contribution in [2.24, 2.45) is 0 Å². The molecular formula is C56H36N4. The Morgan fingerprint density at radius 1 is 0.300 bits per heavy atom. The fraction of sp³-hybridized carbons (Fsp3) is 0. The molecule has 0 saturated carbocycles. The average molecular weight is 765 g/mol. The molecule has 12 aromatic rings. The molecule has 0 fully saturated rings. The first-order chi connectivity index (χ1) is 29.8. The molecule has 0 atom stereocenters. The second kappa shape index (κ2) is 13.8. The van der Waals surface area contributed by atoms with Crippen LogP contribution in [0, 0.1) is 0 Å². The molecule has 0 unspecified atom stereocenters. The van der Waals surface area contributed by atoms with Gasteiger partial charge in [-0.2, -0.15) is 0 Å². The van der Waals surface area contributed by atoms with E-state index in [4.69, 9.17) is 9.97 Å². The molecule has 280 valence electrons. The Kier molecular flexibility index (Phi) is 7.82. The fourth-order valence-electron chi connectivity index (χ4n) is 9.23. The zero-order valence-electron chi connectivity index (χ0n) is 32.6. The maximum Gasteiger partial charge on any atom is 0.160 e. The van der Waals surface area contributed by atoms with E-state index in [0.29, 0.717) is 5.82 Å². The van der Waals surface area contributed by atoms with Gasteiger partial charge in [-0.1, -0.05) is 158 Å². The van der Waals surface area contributed by atoms with Gasteiger partial charge < -0.3 is 9.13 Å². The Labute approximate surface area is 346 Å². The first kappa shape index (κ1) is 34.0. The van der Waals surface area contributed by atoms with E-state index >= 15 is 0 Å². The smallest absolute Gasteiger partial charge is 0.160 e. The Hall–Kier alpha value is -8.08. The van der Waals surface area contributed by atoms with Crippen molar-refractivity contribution in [2.75, 3.05) is 0 Å². The quantitative estimate of drug-likeness (QED) is 0.169. The molecular weight excluding hydrogens is 729 g/mol. The van der Waals surface area contributed by atoms with Gasteiger partial charge in [-0.3, -0.25) is 0 Å². The maximum atomic E-state index is 5.26. The van der Waals surface area contributed by atoms with Crippen molar-refractivity contribution in [2.45, 2.75) is 0 Å². The summed E-state index contributed by atoms with van der Waals surface area (Å²) in [4.78, 5) is 10.5. The molecule has 60 heavy (non-hydrogen) atoms. The highest BCUT2D eigenvalue weighted by Gasteiger charge is 2.21. The topological polar surface area (TPSA) is 35.6 Å². The summed E-state index contributed by atoms with van der Waals surface area (Å²) >= 11 is 0. The number of hydrogen-bond donors (Lipinski definition) is 0. The Morgan fingerprint density at radius 2 is 0.800 bits per heavy atom. The summed E-state index contributed by atoms with van der Waals surface area (Å²) in [5.41, 5.74) is 14.1. The lowest BCUT2D eigenvalue weighted by molar-refractivity contribution is 1.17. The maximum absolute atomic E-state index is 5.26. The van der Waals surface area contributed by atoms with Crippen LogP contribution in [0.15, 0.2) is 218 Å². The van der Waals surface area contributed by atoms with E-state index in [1.807, 2.05) is 6.07 Å². The second-order valence-corrected chi connectivity index (χ2v) is 15.4. The van der Waals surface area contributed by atoms with E-state index in [-0.39, 0.29) is 0 Å². The van der Waals surface area contributed by atoms with Crippen LogP contribution in [0.3, 0.4) is 0 Å². The van der Waals surface area contributed by atoms with Gasteiger partial charge >= 0.3 is 0 Å². The standard InChI is InChI=1S/C56H36N4/c1-3-17-38(18-4-1)48-36-49(45-29-15-19-37-16-7-8-26-44(37)45)58-56(57-48)41-22-13-20-39(34-41)40-21-14-25-43(35-40)60-51-31-12-10-28-47(51)55-53(60)33-32-52-54(55)46-27-9-11-30-50(46)59(52)42-23-5-2-6-24-42/h1-36H. The number of benzene rings is 9. The highest BCUT2D eigenvalue weighted by molar-refractivity contribution is 6.29. The van der Waals surface area contributed by atoms with E-state index in [1.54, 1.807) is 0 Å². The fourth-order valence-corrected chi connectivity index (χ4v) is 9.23. The summed E-state index contributed by atoms with van der Waals surface area (Å²) in [6, 6.07) is 77.9. The molecule has 0 radical (unpaired) electrons. The minimum atomic E-state index is 0.693. The highest BCUT2D eigenvalue weighted by atomic mass is 15.0. The largest absolute Gasteiger partial charge is 0.309 e. The number of nitrogens with zero attached hydrogens (tertiary/aromatic N) is 4. The molecule has 4 heteroatoms. The van der Waals surface area contributed by atoms with Crippen LogP contribution >= 0.6 is 0 Å². The van der Waals surface area contributed by atoms with Gasteiger partial charge in [0.05, 0.1) is 33.5 Å². The molecule has 12 rings (SSSR count). The second-order valence-electron chi connectivity index (χ2n) is 15.4. The summed E-state index contributed by atoms with van der Waals surface area (Å²) in [6.45, 7) is 0. The van der Waals surface area contributed by atoms with Gasteiger partial charge in [0.25, 0.3) is 0 Å². The number of fused-ring (bicyclic) bond motifs is 8. The molecule has 0 aliphatic heterocycles. The third-order valence-electron chi connectivity index (χ3n) is 11.9. The van der Waals surface area contributed by atoms with Crippen molar-refractivity contribution in [3.63, 3.8) is 0 Å². The van der Waals surface area contributed by atoms with E-state index in [1.165, 1.54) is 54.4 Å². The molecule has 0 amide bonds. The van der Waals surface area contributed by atoms with Gasteiger partial charge in [0, 0.05) is 49.6 Å². The minimum absolute atomic E-state index is 0.693. The van der Waals surface area contributed by atoms with Crippen LogP contribution in [0.2, 0.25) is 0 Å². The van der Waals surface area contributed by atoms with E-state index in [0.717, 1.165) is 50.6 Å². The van der Waals surface area contributed by atoms with Crippen LogP contribution in [0.25, 0.3) is 111 Å². The lowest BCUT2D eigenvalue weighted by Gasteiger charge is -2.13. The van der Waals surface area contributed by atoms with Crippen LogP contribution in [0.1, 0.15) is 0 Å². The monoisotopic (exact) mass is 764 g/mol. The van der Waals surface area contributed by atoms with Crippen molar-refractivity contribution >= 4 is 54.4 Å². The number of hydrogen-bond acceptors (Lipinski definition) is 2. The van der Waals surface area contributed by atoms with E-state index < -0.39 is 0 Å². The van der Waals surface area contributed by atoms with Crippen LogP contribution in [0.5, 0.6) is 0 Å². The van der Waals surface area contributed by atoms with Crippen LogP contribution in [-0.2, 0) is 0 Å². The van der Waals surface area contributed by atoms with Crippen molar-refractivity contribution in [1.82, 2.24) is 19.1 Å². The molecule has 0 aliphatic carbocycles. The van der Waals surface area contributed by atoms with Gasteiger partial charge in [0.2, 0.25) is 0 Å². The van der Waals surface area contributed by atoms with Gasteiger partial charge in [-0.05, 0) is 82.6 Å². The zero-order chi connectivity index (χ0) is 39.6. The van der Waals surface area contributed by atoms with Crippen molar-refractivity contribution in [3.8, 4) is 56.4 Å². The third-order valence-corrected chi connectivity index (χ3v) is 11.9. The van der Waals surface area contributed by atoms with E-state index in [9.17, 15) is 0 Å². The summed E-state index contributed by atoms with van der Waals surface area (Å²) in [5.74, 6) is 0.693. The summed E-state index contributed by atoms with van der Waals surface area (Å²) in [5, 5.41) is 7.37. The van der Waals surface area contributed by atoms with Crippen molar-refractivity contribution in [3.05, 3.63) is 218 Å². The lowest BCUT2D eigenvalue weighted by Crippen LogP contribution is -1.97. The third kappa shape index (κ3) is 5.46. The molecule has 0 aliphatic rings. The summed E-state index contributed by atoms with van der Waals surface area (Å²) in [7, 11) is 0. The molecule has 0 N–H and O–H groups in total. The van der Waals surface area contributed by atoms with Gasteiger partial charge in [-0.15, -0.1) is 0 Å². The van der Waals surface area contributed by atoms with Crippen molar-refractivity contribution in [1.29, 1.82) is 0 Å². The van der Waals surface area contributed by atoms with Gasteiger partial charge in [0.15, 0.2) is 5.82 Å². The first-order valence-electron chi connectivity index (χ1n) is 20.4. The number of para-hydroxylation sites is 3. The van der Waals surface area contributed by atoms with Gasteiger partial charge in [0.1, 0.15) is 0 Å². The Balaban J connectivity index is 1.02. The predicted molar refractivity (Wildman–Crippen MR) is 250 cm³/mol. The molecule has 0 bridgehead atoms. The number of aromatic nitrogens is 4. The lowest BCUT2D eigenvalue weighted by atomic mass is 9.99. The number of rotatable bonds is 6. The predicted octanol–water partition coefficient (Wildman–Crippen LogP) is 14.5. The Morgan fingerprint density at radius 3 is 1.53 bits per heavy atom. The zero-order valence-corrected chi connectivity index (χ0v) is 32.6. The first-order valence-corrected chi connectivity index (χ1v) is 20.4. The minimum Gasteiger partial charge on any atom is -0.309 e. The summed E-state index contributed by atoms with van der Waals surface area (Å²) in [6.07, 6.45) is 0. The van der Waals surface area contributed by atoms with E-state index in [2.05, 4.69) is 221 Å². The summed E-state index contributed by atoms with van der Waals surface area (Å²) < 4.78 is 4.82. The van der Waals surface area contributed by atoms with Crippen molar-refractivity contribution < 1.29 is 0 Å². The molecule has 4 nitrogen and oxygen atoms in total. The molecule has 0 saturated heterocycles. The Bertz CT molecular complexity index is 3590. The van der Waals surface area contributed by atoms with Crippen LogP contribution < -0.4 is 0 Å². The highest BCUT2D eigenvalue weighted by Crippen LogP contribution is 2.43. The molecule has 9 aromatic carbocycles. The molecule has 0 spiro atoms. The molecule has 3 heterocycles. The van der Waals surface area contributed by atoms with Crippen LogP contribution in [-0.4, -0.2) is 19.1 Å². The van der Waals surface area contributed by atoms with Gasteiger partial charge in [-0.25, -0.2) is 9.97 Å². The normalized spacial score (nSPS) is 11.7. The SMILES string of the molecule is c1ccc(-c2cc(-c3cccc4ccccc34)nc(-c3cccc(-c4cccc(-n5c6ccccc6c6c7c8ccccc8n(-c8ccccc8)c7ccc65)c4)c3)n2)cc1. The molecule has 3 aromatic heterocycles.